The zero-order valence-corrected chi connectivity index (χ0v) is 11.2. The van der Waals surface area contributed by atoms with Gasteiger partial charge in [-0.1, -0.05) is 19.8 Å². The van der Waals surface area contributed by atoms with Gasteiger partial charge in [-0.25, -0.2) is 13.1 Å². The van der Waals surface area contributed by atoms with E-state index in [0.717, 1.165) is 25.0 Å². The highest BCUT2D eigenvalue weighted by Gasteiger charge is 2.27. The van der Waals surface area contributed by atoms with Crippen LogP contribution < -0.4 is 4.72 Å². The Morgan fingerprint density at radius 1 is 1.27 bits per heavy atom. The van der Waals surface area contributed by atoms with E-state index in [0.29, 0.717) is 5.25 Å². The van der Waals surface area contributed by atoms with Gasteiger partial charge in [-0.2, -0.15) is 11.8 Å². The van der Waals surface area contributed by atoms with Gasteiger partial charge in [0.15, 0.2) is 0 Å². The molecule has 1 N–H and O–H groups in total. The monoisotopic (exact) mass is 251 g/mol. The minimum atomic E-state index is -3.03. The molecule has 5 heteroatoms. The lowest BCUT2D eigenvalue weighted by molar-refractivity contribution is 0.423. The van der Waals surface area contributed by atoms with Crippen molar-refractivity contribution in [3.63, 3.8) is 0 Å². The van der Waals surface area contributed by atoms with Crippen molar-refractivity contribution >= 4 is 21.8 Å². The third-order valence-corrected chi connectivity index (χ3v) is 5.54. The summed E-state index contributed by atoms with van der Waals surface area (Å²) in [5.74, 6) is 1.25. The summed E-state index contributed by atoms with van der Waals surface area (Å²) in [6.45, 7) is 3.82. The number of nitrogens with one attached hydrogen (secondary N) is 1. The zero-order valence-electron chi connectivity index (χ0n) is 9.53. The molecule has 1 rings (SSSR count). The normalized spacial score (nSPS) is 27.9. The summed E-state index contributed by atoms with van der Waals surface area (Å²) in [7, 11) is -3.03. The minimum Gasteiger partial charge on any atom is -0.212 e. The average molecular weight is 251 g/mol. The predicted molar refractivity (Wildman–Crippen MR) is 66.8 cm³/mol. The Bertz CT molecular complexity index is 275. The maximum Gasteiger partial charge on any atom is 0.211 e. The summed E-state index contributed by atoms with van der Waals surface area (Å²) in [5, 5.41) is 0.477. The molecule has 1 aliphatic rings. The second-order valence-electron chi connectivity index (χ2n) is 3.91. The van der Waals surface area contributed by atoms with Gasteiger partial charge in [-0.05, 0) is 25.5 Å². The highest BCUT2D eigenvalue weighted by atomic mass is 32.2. The quantitative estimate of drug-likeness (QED) is 0.813. The first-order valence-corrected chi connectivity index (χ1v) is 8.40. The van der Waals surface area contributed by atoms with Crippen molar-refractivity contribution in [2.45, 2.75) is 50.8 Å². The van der Waals surface area contributed by atoms with Gasteiger partial charge < -0.3 is 0 Å². The van der Waals surface area contributed by atoms with Gasteiger partial charge >= 0.3 is 0 Å². The maximum atomic E-state index is 11.5. The van der Waals surface area contributed by atoms with Crippen LogP contribution in [0.15, 0.2) is 0 Å². The molecule has 3 nitrogen and oxygen atoms in total. The average Bonchev–Trinajstić information content (AvgIpc) is 2.21. The fourth-order valence-electron chi connectivity index (χ4n) is 1.96. The Hall–Kier alpha value is 0.260. The van der Waals surface area contributed by atoms with Crippen LogP contribution in [-0.4, -0.2) is 31.2 Å². The Morgan fingerprint density at radius 2 is 1.93 bits per heavy atom. The van der Waals surface area contributed by atoms with E-state index in [4.69, 9.17) is 0 Å². The van der Waals surface area contributed by atoms with E-state index in [-0.39, 0.29) is 11.8 Å². The van der Waals surface area contributed by atoms with Crippen LogP contribution in [0.1, 0.15) is 39.5 Å². The summed E-state index contributed by atoms with van der Waals surface area (Å²) in [5.41, 5.74) is 0. The van der Waals surface area contributed by atoms with Crippen LogP contribution in [-0.2, 0) is 10.0 Å². The van der Waals surface area contributed by atoms with E-state index in [9.17, 15) is 8.42 Å². The third kappa shape index (κ3) is 4.33. The van der Waals surface area contributed by atoms with E-state index in [1.807, 2.05) is 11.8 Å². The van der Waals surface area contributed by atoms with Crippen LogP contribution in [0.2, 0.25) is 0 Å². The van der Waals surface area contributed by atoms with Crippen molar-refractivity contribution in [2.24, 2.45) is 0 Å². The van der Waals surface area contributed by atoms with Gasteiger partial charge in [-0.15, -0.1) is 0 Å². The molecule has 0 spiro atoms. The fraction of sp³-hybridized carbons (Fsp3) is 1.00. The molecule has 0 amide bonds. The number of hydrogen-bond donors (Lipinski definition) is 1. The lowest BCUT2D eigenvalue weighted by Crippen LogP contribution is -2.44. The van der Waals surface area contributed by atoms with Gasteiger partial charge in [0.2, 0.25) is 10.0 Å². The van der Waals surface area contributed by atoms with Crippen LogP contribution in [0.5, 0.6) is 0 Å². The van der Waals surface area contributed by atoms with Gasteiger partial charge in [0, 0.05) is 11.3 Å². The van der Waals surface area contributed by atoms with Gasteiger partial charge in [0.25, 0.3) is 0 Å². The minimum absolute atomic E-state index is 0.161. The molecule has 1 fully saturated rings. The SMILES string of the molecule is CCS[C@@H]1CCCC[C@@H]1NS(=O)(=O)CC. The summed E-state index contributed by atoms with van der Waals surface area (Å²) < 4.78 is 25.8. The van der Waals surface area contributed by atoms with Crippen molar-refractivity contribution < 1.29 is 8.42 Å². The molecule has 0 aromatic rings. The highest BCUT2D eigenvalue weighted by molar-refractivity contribution is 8.00. The number of thioether (sulfide) groups is 1. The van der Waals surface area contributed by atoms with E-state index >= 15 is 0 Å². The van der Waals surface area contributed by atoms with Crippen LogP contribution in [0.25, 0.3) is 0 Å². The first-order valence-electron chi connectivity index (χ1n) is 5.70. The topological polar surface area (TPSA) is 46.2 Å². The fourth-order valence-corrected chi connectivity index (χ4v) is 4.15. The molecule has 15 heavy (non-hydrogen) atoms. The molecule has 0 radical (unpaired) electrons. The molecule has 1 saturated carbocycles. The van der Waals surface area contributed by atoms with E-state index < -0.39 is 10.0 Å². The van der Waals surface area contributed by atoms with Crippen molar-refractivity contribution in [1.82, 2.24) is 4.72 Å². The maximum absolute atomic E-state index is 11.5. The van der Waals surface area contributed by atoms with Gasteiger partial charge in [0.05, 0.1) is 5.75 Å². The lowest BCUT2D eigenvalue weighted by Gasteiger charge is -2.31. The Labute approximate surface area is 97.5 Å². The Balaban J connectivity index is 2.56. The van der Waals surface area contributed by atoms with Crippen molar-refractivity contribution in [1.29, 1.82) is 0 Å². The molecule has 1 aliphatic carbocycles. The summed E-state index contributed by atoms with van der Waals surface area (Å²) in [6, 6.07) is 0.161. The van der Waals surface area contributed by atoms with E-state index in [2.05, 4.69) is 11.6 Å². The molecule has 0 saturated heterocycles. The van der Waals surface area contributed by atoms with Crippen LogP contribution >= 0.6 is 11.8 Å². The molecule has 0 heterocycles. The predicted octanol–water partition coefficient (Wildman–Crippen LogP) is 1.99. The summed E-state index contributed by atoms with van der Waals surface area (Å²) in [6.07, 6.45) is 4.53. The second-order valence-corrected chi connectivity index (χ2v) is 7.46. The van der Waals surface area contributed by atoms with Gasteiger partial charge in [0.1, 0.15) is 0 Å². The molecular weight excluding hydrogens is 230 g/mol. The first kappa shape index (κ1) is 13.3. The standard InChI is InChI=1S/C10H21NO2S2/c1-3-14-10-8-6-5-7-9(10)11-15(12,13)4-2/h9-11H,3-8H2,1-2H3/t9-,10+/m0/s1. The Morgan fingerprint density at radius 3 is 2.53 bits per heavy atom. The largest absolute Gasteiger partial charge is 0.212 e. The molecule has 0 aromatic carbocycles. The smallest absolute Gasteiger partial charge is 0.211 e. The number of sulfonamides is 1. The number of hydrogen-bond acceptors (Lipinski definition) is 3. The molecule has 0 aliphatic heterocycles. The molecule has 2 atom stereocenters. The number of rotatable bonds is 5. The zero-order chi connectivity index (χ0) is 11.3. The molecule has 0 bridgehead atoms. The summed E-state index contributed by atoms with van der Waals surface area (Å²) >= 11 is 1.88. The first-order chi connectivity index (χ1) is 7.09. The van der Waals surface area contributed by atoms with Crippen molar-refractivity contribution in [2.75, 3.05) is 11.5 Å². The molecule has 0 aromatic heterocycles. The molecular formula is C10H21NO2S2. The van der Waals surface area contributed by atoms with Crippen molar-refractivity contribution in [3.05, 3.63) is 0 Å². The van der Waals surface area contributed by atoms with E-state index in [1.165, 1.54) is 6.42 Å². The van der Waals surface area contributed by atoms with Gasteiger partial charge in [-0.3, -0.25) is 0 Å². The lowest BCUT2D eigenvalue weighted by atomic mass is 9.96. The molecule has 90 valence electrons. The Kier molecular flexibility index (Phi) is 5.43. The highest BCUT2D eigenvalue weighted by Crippen LogP contribution is 2.28. The third-order valence-electron chi connectivity index (χ3n) is 2.79. The van der Waals surface area contributed by atoms with E-state index in [1.54, 1.807) is 6.92 Å². The molecule has 0 unspecified atom stereocenters. The second kappa shape index (κ2) is 6.11. The summed E-state index contributed by atoms with van der Waals surface area (Å²) in [4.78, 5) is 0. The van der Waals surface area contributed by atoms with Crippen LogP contribution in [0, 0.1) is 0 Å². The van der Waals surface area contributed by atoms with Crippen LogP contribution in [0.3, 0.4) is 0 Å². The van der Waals surface area contributed by atoms with Crippen molar-refractivity contribution in [3.8, 4) is 0 Å². The van der Waals surface area contributed by atoms with Crippen LogP contribution in [0.4, 0.5) is 0 Å².